The van der Waals surface area contributed by atoms with E-state index in [1.807, 2.05) is 0 Å². The standard InChI is InChI=1S/C37H40F4N4O2S/c1-4-43(5-2)19-20-44(22-26-9-13-28(14-10-26)29-15-18-32(25(3)21-29)37(39,40)41)34(46)23-45-33-8-6-7-31(33)35(47)42-36(45)48-24-27-11-16-30(38)17-12-27/h9-18,21H,4-8,19-20,22-24H2,1-3H3/i9D,10D,11D,12D,13D,14D,15D,16D,17D,18D,21D,22D2,23D2,24D2. The molecule has 4 aromatic rings. The molecule has 1 aliphatic rings. The first kappa shape index (κ1) is 19.3. The van der Waals surface area contributed by atoms with Crippen LogP contribution in [0.15, 0.2) is 76.4 Å². The van der Waals surface area contributed by atoms with E-state index < -0.39 is 154 Å². The van der Waals surface area contributed by atoms with Crippen molar-refractivity contribution in [3.05, 3.63) is 116 Å². The second-order valence-electron chi connectivity index (χ2n) is 10.4. The van der Waals surface area contributed by atoms with Gasteiger partial charge in [-0.1, -0.05) is 73.9 Å². The van der Waals surface area contributed by atoms with Crippen LogP contribution in [0.4, 0.5) is 17.6 Å². The van der Waals surface area contributed by atoms with E-state index in [1.54, 1.807) is 18.7 Å². The van der Waals surface area contributed by atoms with Crippen LogP contribution in [0.3, 0.4) is 0 Å². The summed E-state index contributed by atoms with van der Waals surface area (Å²) in [5.74, 6) is -3.38. The molecule has 3 aromatic carbocycles. The molecule has 1 aliphatic carbocycles. The van der Waals surface area contributed by atoms with Gasteiger partial charge in [-0.3, -0.25) is 9.59 Å². The van der Waals surface area contributed by atoms with Gasteiger partial charge >= 0.3 is 6.18 Å². The average molecular weight is 698 g/mol. The summed E-state index contributed by atoms with van der Waals surface area (Å²) in [6, 6.07) is -13.4. The monoisotopic (exact) mass is 697 g/mol. The molecule has 48 heavy (non-hydrogen) atoms. The van der Waals surface area contributed by atoms with Crippen molar-refractivity contribution in [1.82, 2.24) is 19.4 Å². The summed E-state index contributed by atoms with van der Waals surface area (Å²) in [4.78, 5) is 34.1. The smallest absolute Gasteiger partial charge is 0.336 e. The number of alkyl halides is 3. The summed E-state index contributed by atoms with van der Waals surface area (Å²) in [6.07, 6.45) is -5.09. The average Bonchev–Trinajstić information content (AvgIpc) is 3.70. The number of thioether (sulfide) groups is 1. The van der Waals surface area contributed by atoms with Crippen LogP contribution >= 0.6 is 11.8 Å². The minimum absolute atomic E-state index is 0.0153. The number of aromatic nitrogens is 2. The zero-order chi connectivity index (χ0) is 49.4. The molecule has 0 unspecified atom stereocenters. The third-order valence-corrected chi connectivity index (χ3v) is 8.10. The molecule has 0 spiro atoms. The van der Waals surface area contributed by atoms with Crippen molar-refractivity contribution < 1.29 is 45.7 Å². The summed E-state index contributed by atoms with van der Waals surface area (Å²) in [6.45, 7) is -3.18. The summed E-state index contributed by atoms with van der Waals surface area (Å²) in [5, 5.41) is -0.893. The number of carbonyl (C=O) groups is 1. The van der Waals surface area contributed by atoms with Crippen LogP contribution in [-0.2, 0) is 42.5 Å². The summed E-state index contributed by atoms with van der Waals surface area (Å²) in [7, 11) is 0. The number of benzene rings is 3. The molecule has 0 atom stereocenters. The summed E-state index contributed by atoms with van der Waals surface area (Å²) >= 11 is -0.115. The fourth-order valence-corrected chi connectivity index (χ4v) is 5.51. The van der Waals surface area contributed by atoms with E-state index >= 15 is 0 Å². The molecule has 0 saturated carbocycles. The van der Waals surface area contributed by atoms with Gasteiger partial charge in [-0.05, 0) is 85.2 Å². The minimum atomic E-state index is -5.19. The second-order valence-corrected chi connectivity index (χ2v) is 11.2. The van der Waals surface area contributed by atoms with Crippen molar-refractivity contribution in [2.75, 3.05) is 26.2 Å². The van der Waals surface area contributed by atoms with Gasteiger partial charge in [0, 0.05) is 39.3 Å². The number of rotatable bonds is 13. The lowest BCUT2D eigenvalue weighted by Gasteiger charge is -2.28. The lowest BCUT2D eigenvalue weighted by molar-refractivity contribution is -0.138. The molecule has 0 radical (unpaired) electrons. The topological polar surface area (TPSA) is 58.4 Å². The molecule has 0 N–H and O–H groups in total. The van der Waals surface area contributed by atoms with Crippen LogP contribution in [0, 0.1) is 12.7 Å². The van der Waals surface area contributed by atoms with Gasteiger partial charge in [-0.25, -0.2) is 4.39 Å². The largest absolute Gasteiger partial charge is 0.416 e. The van der Waals surface area contributed by atoms with Crippen molar-refractivity contribution in [2.24, 2.45) is 0 Å². The molecule has 1 amide bonds. The highest BCUT2D eigenvalue weighted by Crippen LogP contribution is 2.34. The normalized spacial score (nSPS) is 18.8. The maximum Gasteiger partial charge on any atom is 0.416 e. The molecule has 6 nitrogen and oxygen atoms in total. The van der Waals surface area contributed by atoms with Crippen LogP contribution in [0.2, 0.25) is 0 Å². The predicted octanol–water partition coefficient (Wildman–Crippen LogP) is 7.53. The highest BCUT2D eigenvalue weighted by Gasteiger charge is 2.32. The Morgan fingerprint density at radius 3 is 2.31 bits per heavy atom. The van der Waals surface area contributed by atoms with E-state index in [9.17, 15) is 32.6 Å². The van der Waals surface area contributed by atoms with Gasteiger partial charge in [-0.2, -0.15) is 18.2 Å². The molecule has 0 fully saturated rings. The van der Waals surface area contributed by atoms with Crippen LogP contribution < -0.4 is 5.56 Å². The number of nitrogens with zero attached hydrogens (tertiary/aromatic N) is 4. The zero-order valence-electron chi connectivity index (χ0n) is 43.0. The third-order valence-electron chi connectivity index (χ3n) is 7.34. The number of hydrogen-bond acceptors (Lipinski definition) is 5. The Bertz CT molecular complexity index is 2590. The van der Waals surface area contributed by atoms with Crippen molar-refractivity contribution in [1.29, 1.82) is 0 Å². The number of hydrogen-bond donors (Lipinski definition) is 0. The van der Waals surface area contributed by atoms with Crippen LogP contribution in [0.5, 0.6) is 0 Å². The first-order chi connectivity index (χ1) is 29.8. The Kier molecular flexibility index (Phi) is 6.23. The first-order valence-electron chi connectivity index (χ1n) is 23.3. The van der Waals surface area contributed by atoms with Crippen molar-refractivity contribution >= 4 is 17.7 Å². The van der Waals surface area contributed by atoms with E-state index in [0.717, 1.165) is 6.92 Å². The van der Waals surface area contributed by atoms with Gasteiger partial charge in [0.2, 0.25) is 5.91 Å². The molecule has 5 rings (SSSR count). The van der Waals surface area contributed by atoms with Gasteiger partial charge in [0.05, 0.1) is 26.1 Å². The molecule has 1 aromatic heterocycles. The Balaban J connectivity index is 1.76. The predicted molar refractivity (Wildman–Crippen MR) is 181 cm³/mol. The molecule has 11 heteroatoms. The Hall–Kier alpha value is -3.96. The van der Waals surface area contributed by atoms with Crippen LogP contribution in [0.25, 0.3) is 11.1 Å². The van der Waals surface area contributed by atoms with Crippen LogP contribution in [-0.4, -0.2) is 51.4 Å². The van der Waals surface area contributed by atoms with Gasteiger partial charge in [0.1, 0.15) is 12.3 Å². The third kappa shape index (κ3) is 8.54. The molecular weight excluding hydrogens is 640 g/mol. The maximum atomic E-state index is 15.0. The number of carbonyl (C=O) groups excluding carboxylic acids is 1. The van der Waals surface area contributed by atoms with Crippen molar-refractivity contribution in [3.8, 4) is 11.1 Å². The van der Waals surface area contributed by atoms with Gasteiger partial charge in [-0.15, -0.1) is 0 Å². The lowest BCUT2D eigenvalue weighted by atomic mass is 9.98. The van der Waals surface area contributed by atoms with Gasteiger partial charge in [0.25, 0.3) is 5.56 Å². The van der Waals surface area contributed by atoms with E-state index in [2.05, 4.69) is 4.98 Å². The van der Waals surface area contributed by atoms with E-state index in [1.165, 1.54) is 0 Å². The van der Waals surface area contributed by atoms with Gasteiger partial charge in [0.15, 0.2) is 5.16 Å². The van der Waals surface area contributed by atoms with E-state index in [0.29, 0.717) is 17.7 Å². The zero-order valence-corrected chi connectivity index (χ0v) is 26.8. The first-order valence-corrected chi connectivity index (χ1v) is 15.6. The van der Waals surface area contributed by atoms with Crippen molar-refractivity contribution in [2.45, 2.75) is 70.1 Å². The minimum Gasteiger partial charge on any atom is -0.336 e. The maximum absolute atomic E-state index is 15.0. The lowest BCUT2D eigenvalue weighted by Crippen LogP contribution is -2.40. The Labute approximate surface area is 306 Å². The second kappa shape index (κ2) is 15.5. The summed E-state index contributed by atoms with van der Waals surface area (Å²) < 4.78 is 205. The van der Waals surface area contributed by atoms with E-state index in [-0.39, 0.29) is 53.7 Å². The highest BCUT2D eigenvalue weighted by molar-refractivity contribution is 7.98. The van der Waals surface area contributed by atoms with Crippen molar-refractivity contribution in [3.63, 3.8) is 0 Å². The Morgan fingerprint density at radius 2 is 1.65 bits per heavy atom. The number of amides is 1. The summed E-state index contributed by atoms with van der Waals surface area (Å²) in [5.41, 5.74) is -10.9. The SMILES string of the molecule is [2H]c1c([2H])c(C([2H])([2H])Sc2nc(=O)c3c(n2C([2H])([2H])C(=O)N(CCN(CC)CC)C([2H])([2H])c2c([2H])c([2H])c(-c4c([2H])c([2H])c(C(F)(F)F)c(C)c4[2H])c([2H])c2[2H])CCC3)c([2H])c([2H])c1F. The molecule has 0 aliphatic heterocycles. The quantitative estimate of drug-likeness (QED) is 0.0822. The van der Waals surface area contributed by atoms with Gasteiger partial charge < -0.3 is 14.4 Å². The molecule has 1 heterocycles. The number of halogens is 4. The Morgan fingerprint density at radius 1 is 0.979 bits per heavy atom. The van der Waals surface area contributed by atoms with Crippen LogP contribution in [0.1, 0.15) is 77.1 Å². The highest BCUT2D eigenvalue weighted by atomic mass is 32.2. The molecule has 0 bridgehead atoms. The number of likely N-dealkylation sites (N-methyl/N-ethyl adjacent to an activating group) is 1. The number of fused-ring (bicyclic) bond motifs is 1. The fraction of sp³-hybridized carbons (Fsp3) is 0.378. The molecule has 0 saturated heterocycles. The van der Waals surface area contributed by atoms with E-state index in [4.69, 9.17) is 17.8 Å². The molecular formula is C37H40F4N4O2S. The molecule has 254 valence electrons. The fourth-order valence-electron chi connectivity index (χ4n) is 4.84.